The molecule has 0 aliphatic heterocycles. The van der Waals surface area contributed by atoms with Gasteiger partial charge in [-0.25, -0.2) is 4.39 Å². The van der Waals surface area contributed by atoms with Gasteiger partial charge in [0.25, 0.3) is 0 Å². The van der Waals surface area contributed by atoms with E-state index in [2.05, 4.69) is 4.98 Å². The Morgan fingerprint density at radius 2 is 2.04 bits per heavy atom. The highest BCUT2D eigenvalue weighted by molar-refractivity contribution is 7.22. The van der Waals surface area contributed by atoms with E-state index in [-0.39, 0.29) is 5.75 Å². The maximum Gasteiger partial charge on any atom is 0.167 e. The summed E-state index contributed by atoms with van der Waals surface area (Å²) in [5.41, 5.74) is 6.68. The van der Waals surface area contributed by atoms with Crippen molar-refractivity contribution in [1.29, 1.82) is 0 Å². The standard InChI is InChI=1S/C17H11FN2O2S/c18-11-8-10(19)3-4-13(11)22-15-5-6-20-12-9-16(23-17(12)15)14-2-1-7-21-14/h1-9H,19H2. The number of hydrogen-bond acceptors (Lipinski definition) is 5. The number of halogens is 1. The molecule has 6 heteroatoms. The summed E-state index contributed by atoms with van der Waals surface area (Å²) in [4.78, 5) is 5.26. The largest absolute Gasteiger partial charge is 0.464 e. The topological polar surface area (TPSA) is 61.3 Å². The van der Waals surface area contributed by atoms with Crippen molar-refractivity contribution >= 4 is 27.2 Å². The van der Waals surface area contributed by atoms with Gasteiger partial charge in [-0.05, 0) is 30.3 Å². The molecule has 0 aliphatic rings. The molecule has 0 amide bonds. The number of rotatable bonds is 3. The smallest absolute Gasteiger partial charge is 0.167 e. The normalized spacial score (nSPS) is 11.0. The lowest BCUT2D eigenvalue weighted by molar-refractivity contribution is 0.447. The first-order valence-corrected chi connectivity index (χ1v) is 7.68. The van der Waals surface area contributed by atoms with E-state index >= 15 is 0 Å². The Balaban J connectivity index is 1.78. The number of furan rings is 1. The fourth-order valence-electron chi connectivity index (χ4n) is 2.25. The van der Waals surface area contributed by atoms with Gasteiger partial charge in [-0.3, -0.25) is 4.98 Å². The monoisotopic (exact) mass is 326 g/mol. The van der Waals surface area contributed by atoms with E-state index < -0.39 is 5.82 Å². The van der Waals surface area contributed by atoms with Crippen LogP contribution < -0.4 is 10.5 Å². The van der Waals surface area contributed by atoms with Gasteiger partial charge in [-0.2, -0.15) is 0 Å². The number of pyridine rings is 1. The second kappa shape index (κ2) is 5.40. The van der Waals surface area contributed by atoms with Gasteiger partial charge in [0, 0.05) is 24.0 Å². The lowest BCUT2D eigenvalue weighted by atomic mass is 10.3. The average molecular weight is 326 g/mol. The maximum atomic E-state index is 13.9. The van der Waals surface area contributed by atoms with Crippen LogP contribution in [0.2, 0.25) is 0 Å². The van der Waals surface area contributed by atoms with Gasteiger partial charge in [0.05, 0.1) is 21.4 Å². The number of benzene rings is 1. The summed E-state index contributed by atoms with van der Waals surface area (Å²) in [6.07, 6.45) is 3.25. The molecule has 114 valence electrons. The summed E-state index contributed by atoms with van der Waals surface area (Å²) < 4.78 is 25.9. The highest BCUT2D eigenvalue weighted by Crippen LogP contribution is 2.39. The summed E-state index contributed by atoms with van der Waals surface area (Å²) in [5.74, 6) is 0.927. The number of nitrogen functional groups attached to an aromatic ring is 1. The van der Waals surface area contributed by atoms with Crippen molar-refractivity contribution in [2.24, 2.45) is 0 Å². The number of nitrogens with zero attached hydrogens (tertiary/aromatic N) is 1. The number of nitrogens with two attached hydrogens (primary N) is 1. The van der Waals surface area contributed by atoms with Crippen molar-refractivity contribution in [3.8, 4) is 22.1 Å². The van der Waals surface area contributed by atoms with Crippen LogP contribution in [0.5, 0.6) is 11.5 Å². The van der Waals surface area contributed by atoms with Crippen LogP contribution in [-0.4, -0.2) is 4.98 Å². The zero-order chi connectivity index (χ0) is 15.8. The van der Waals surface area contributed by atoms with E-state index in [1.165, 1.54) is 23.5 Å². The quantitative estimate of drug-likeness (QED) is 0.534. The van der Waals surface area contributed by atoms with Gasteiger partial charge >= 0.3 is 0 Å². The van der Waals surface area contributed by atoms with Crippen LogP contribution >= 0.6 is 11.3 Å². The van der Waals surface area contributed by atoms with Crippen LogP contribution in [0.25, 0.3) is 20.9 Å². The molecule has 4 rings (SSSR count). The molecule has 4 aromatic rings. The number of fused-ring (bicyclic) bond motifs is 1. The molecular formula is C17H11FN2O2S. The Morgan fingerprint density at radius 3 is 2.83 bits per heavy atom. The zero-order valence-corrected chi connectivity index (χ0v) is 12.6. The average Bonchev–Trinajstić information content (AvgIpc) is 3.18. The summed E-state index contributed by atoms with van der Waals surface area (Å²) >= 11 is 1.48. The molecule has 0 aliphatic carbocycles. The van der Waals surface area contributed by atoms with Crippen LogP contribution in [-0.2, 0) is 0 Å². The van der Waals surface area contributed by atoms with Gasteiger partial charge < -0.3 is 14.9 Å². The molecule has 0 spiro atoms. The number of aromatic nitrogens is 1. The van der Waals surface area contributed by atoms with E-state index in [0.717, 1.165) is 20.9 Å². The van der Waals surface area contributed by atoms with Crippen molar-refractivity contribution in [3.63, 3.8) is 0 Å². The van der Waals surface area contributed by atoms with Crippen molar-refractivity contribution in [1.82, 2.24) is 4.98 Å². The molecule has 0 bridgehead atoms. The van der Waals surface area contributed by atoms with E-state index in [4.69, 9.17) is 14.9 Å². The summed E-state index contributed by atoms with van der Waals surface area (Å²) in [6.45, 7) is 0. The second-order valence-corrected chi connectivity index (χ2v) is 5.96. The van der Waals surface area contributed by atoms with Gasteiger partial charge in [0.15, 0.2) is 11.6 Å². The number of thiophene rings is 1. The number of hydrogen-bond donors (Lipinski definition) is 1. The maximum absolute atomic E-state index is 13.9. The van der Waals surface area contributed by atoms with Crippen LogP contribution in [0.15, 0.2) is 59.3 Å². The molecule has 4 nitrogen and oxygen atoms in total. The van der Waals surface area contributed by atoms with E-state index in [0.29, 0.717) is 11.4 Å². The van der Waals surface area contributed by atoms with E-state index in [1.54, 1.807) is 24.6 Å². The molecule has 0 atom stereocenters. The molecule has 2 N–H and O–H groups in total. The van der Waals surface area contributed by atoms with Crippen LogP contribution in [0.4, 0.5) is 10.1 Å². The molecule has 1 aromatic carbocycles. The van der Waals surface area contributed by atoms with Crippen LogP contribution in [0, 0.1) is 5.82 Å². The third-order valence-corrected chi connectivity index (χ3v) is 4.47. The summed E-state index contributed by atoms with van der Waals surface area (Å²) in [5, 5.41) is 0. The Morgan fingerprint density at radius 1 is 1.13 bits per heavy atom. The molecule has 3 aromatic heterocycles. The SMILES string of the molecule is Nc1ccc(Oc2ccnc3cc(-c4ccco4)sc23)c(F)c1. The number of anilines is 1. The molecule has 23 heavy (non-hydrogen) atoms. The summed E-state index contributed by atoms with van der Waals surface area (Å²) in [6, 6.07) is 11.7. The summed E-state index contributed by atoms with van der Waals surface area (Å²) in [7, 11) is 0. The fraction of sp³-hybridized carbons (Fsp3) is 0. The minimum absolute atomic E-state index is 0.125. The molecule has 0 saturated carbocycles. The van der Waals surface area contributed by atoms with Gasteiger partial charge in [0.2, 0.25) is 0 Å². The third kappa shape index (κ3) is 2.53. The molecule has 3 heterocycles. The van der Waals surface area contributed by atoms with Crippen molar-refractivity contribution in [2.45, 2.75) is 0 Å². The Labute approximate surface area is 135 Å². The minimum atomic E-state index is -0.502. The zero-order valence-electron chi connectivity index (χ0n) is 11.8. The van der Waals surface area contributed by atoms with Crippen LogP contribution in [0.1, 0.15) is 0 Å². The highest BCUT2D eigenvalue weighted by Gasteiger charge is 2.13. The fourth-order valence-corrected chi connectivity index (χ4v) is 3.29. The van der Waals surface area contributed by atoms with Gasteiger partial charge in [0.1, 0.15) is 11.5 Å². The first-order valence-electron chi connectivity index (χ1n) is 6.86. The lowest BCUT2D eigenvalue weighted by Gasteiger charge is -2.07. The Bertz CT molecular complexity index is 980. The number of ether oxygens (including phenoxy) is 1. The molecule has 0 saturated heterocycles. The first kappa shape index (κ1) is 13.8. The minimum Gasteiger partial charge on any atom is -0.464 e. The molecule has 0 fully saturated rings. The highest BCUT2D eigenvalue weighted by atomic mass is 32.1. The van der Waals surface area contributed by atoms with Crippen LogP contribution in [0.3, 0.4) is 0 Å². The Kier molecular flexibility index (Phi) is 3.24. The second-order valence-electron chi connectivity index (χ2n) is 4.90. The molecule has 0 unspecified atom stereocenters. The van der Waals surface area contributed by atoms with E-state index in [1.807, 2.05) is 18.2 Å². The van der Waals surface area contributed by atoms with Gasteiger partial charge in [-0.15, -0.1) is 11.3 Å². The lowest BCUT2D eigenvalue weighted by Crippen LogP contribution is -1.91. The Hall–Kier alpha value is -2.86. The predicted molar refractivity (Wildman–Crippen MR) is 88.2 cm³/mol. The van der Waals surface area contributed by atoms with E-state index in [9.17, 15) is 4.39 Å². The first-order chi connectivity index (χ1) is 11.2. The van der Waals surface area contributed by atoms with Gasteiger partial charge in [-0.1, -0.05) is 0 Å². The van der Waals surface area contributed by atoms with Crippen molar-refractivity contribution < 1.29 is 13.5 Å². The van der Waals surface area contributed by atoms with Crippen molar-refractivity contribution in [2.75, 3.05) is 5.73 Å². The molecular weight excluding hydrogens is 315 g/mol. The van der Waals surface area contributed by atoms with Crippen molar-refractivity contribution in [3.05, 3.63) is 60.7 Å². The predicted octanol–water partition coefficient (Wildman–Crippen LogP) is 5.07. The molecule has 0 radical (unpaired) electrons. The third-order valence-electron chi connectivity index (χ3n) is 3.32.